The minimum atomic E-state index is -0.189. The average molecular weight is 182 g/mol. The number of hydrogen-bond donors (Lipinski definition) is 1. The normalized spacial score (nSPS) is 30.4. The molecular formula is C10H18N2O. The van der Waals surface area contributed by atoms with Gasteiger partial charge in [-0.1, -0.05) is 0 Å². The van der Waals surface area contributed by atoms with Crippen molar-refractivity contribution < 1.29 is 5.11 Å². The Hall–Kier alpha value is -0.590. The molecule has 3 heteroatoms. The van der Waals surface area contributed by atoms with E-state index in [2.05, 4.69) is 11.0 Å². The van der Waals surface area contributed by atoms with Crippen LogP contribution in [-0.2, 0) is 0 Å². The van der Waals surface area contributed by atoms with Crippen molar-refractivity contribution in [2.45, 2.75) is 50.8 Å². The van der Waals surface area contributed by atoms with Crippen LogP contribution in [0.3, 0.4) is 0 Å². The Labute approximate surface area is 80.0 Å². The largest absolute Gasteiger partial charge is 0.391 e. The van der Waals surface area contributed by atoms with E-state index in [1.54, 1.807) is 0 Å². The maximum absolute atomic E-state index is 9.65. The van der Waals surface area contributed by atoms with Gasteiger partial charge in [-0.3, -0.25) is 4.90 Å². The highest BCUT2D eigenvalue weighted by atomic mass is 16.3. The number of aliphatic hydroxyl groups is 1. The molecular weight excluding hydrogens is 164 g/mol. The smallest absolute Gasteiger partial charge is 0.0695 e. The summed E-state index contributed by atoms with van der Waals surface area (Å²) in [7, 11) is 2.00. The van der Waals surface area contributed by atoms with E-state index in [1.807, 2.05) is 14.0 Å². The number of nitriles is 1. The summed E-state index contributed by atoms with van der Waals surface area (Å²) in [5, 5.41) is 18.2. The van der Waals surface area contributed by atoms with Crippen LogP contribution in [0, 0.1) is 11.3 Å². The van der Waals surface area contributed by atoms with Crippen LogP contribution in [-0.4, -0.2) is 35.2 Å². The topological polar surface area (TPSA) is 47.3 Å². The molecule has 0 aromatic heterocycles. The number of likely N-dealkylation sites (N-methyl/N-ethyl adjacent to an activating group) is 1. The summed E-state index contributed by atoms with van der Waals surface area (Å²) in [5.41, 5.74) is 0. The highest BCUT2D eigenvalue weighted by Gasteiger charge is 2.30. The van der Waals surface area contributed by atoms with Crippen molar-refractivity contribution in [2.24, 2.45) is 0 Å². The van der Waals surface area contributed by atoms with Gasteiger partial charge in [-0.05, 0) is 33.2 Å². The van der Waals surface area contributed by atoms with Gasteiger partial charge >= 0.3 is 0 Å². The molecule has 1 rings (SSSR count). The first kappa shape index (κ1) is 10.5. The van der Waals surface area contributed by atoms with Crippen molar-refractivity contribution in [3.8, 4) is 6.07 Å². The van der Waals surface area contributed by atoms with Crippen LogP contribution < -0.4 is 0 Å². The Kier molecular flexibility index (Phi) is 3.71. The molecule has 1 unspecified atom stereocenters. The van der Waals surface area contributed by atoms with E-state index in [0.717, 1.165) is 19.3 Å². The summed E-state index contributed by atoms with van der Waals surface area (Å²) in [6, 6.07) is 2.68. The lowest BCUT2D eigenvalue weighted by Gasteiger charge is -2.31. The first-order valence-electron chi connectivity index (χ1n) is 4.93. The monoisotopic (exact) mass is 182 g/mol. The van der Waals surface area contributed by atoms with Gasteiger partial charge in [0.05, 0.1) is 18.6 Å². The molecule has 0 aromatic carbocycles. The first-order chi connectivity index (χ1) is 6.16. The summed E-state index contributed by atoms with van der Waals surface area (Å²) in [4.78, 5) is 2.14. The molecule has 74 valence electrons. The fourth-order valence-corrected chi connectivity index (χ4v) is 2.00. The van der Waals surface area contributed by atoms with Gasteiger partial charge in [-0.15, -0.1) is 0 Å². The molecule has 1 fully saturated rings. The van der Waals surface area contributed by atoms with Crippen LogP contribution in [0.5, 0.6) is 0 Å². The molecule has 3 nitrogen and oxygen atoms in total. The number of nitrogens with zero attached hydrogens (tertiary/aromatic N) is 2. The number of aliphatic hydroxyl groups excluding tert-OH is 1. The third kappa shape index (κ3) is 2.43. The SMILES string of the molecule is CC(CC#N)N(C)[C@@H]1CCC[C@H]1O. The molecule has 0 heterocycles. The van der Waals surface area contributed by atoms with Crippen LogP contribution in [0.4, 0.5) is 0 Å². The van der Waals surface area contributed by atoms with Crippen LogP contribution in [0.25, 0.3) is 0 Å². The second-order valence-electron chi connectivity index (χ2n) is 3.94. The lowest BCUT2D eigenvalue weighted by molar-refractivity contribution is 0.0667. The second kappa shape index (κ2) is 4.59. The van der Waals surface area contributed by atoms with E-state index < -0.39 is 0 Å². The fraction of sp³-hybridized carbons (Fsp3) is 0.900. The predicted octanol–water partition coefficient (Wildman–Crippen LogP) is 1.13. The van der Waals surface area contributed by atoms with Crippen LogP contribution in [0.1, 0.15) is 32.6 Å². The van der Waals surface area contributed by atoms with Crippen molar-refractivity contribution in [3.63, 3.8) is 0 Å². The van der Waals surface area contributed by atoms with Gasteiger partial charge in [0.25, 0.3) is 0 Å². The molecule has 1 N–H and O–H groups in total. The van der Waals surface area contributed by atoms with Gasteiger partial charge in [0.2, 0.25) is 0 Å². The second-order valence-corrected chi connectivity index (χ2v) is 3.94. The number of hydrogen-bond acceptors (Lipinski definition) is 3. The zero-order valence-corrected chi connectivity index (χ0v) is 8.40. The Bertz CT molecular complexity index is 200. The fourth-order valence-electron chi connectivity index (χ4n) is 2.00. The zero-order chi connectivity index (χ0) is 9.84. The molecule has 1 aliphatic carbocycles. The van der Waals surface area contributed by atoms with E-state index in [9.17, 15) is 5.11 Å². The molecule has 3 atom stereocenters. The lowest BCUT2D eigenvalue weighted by atomic mass is 10.1. The summed E-state index contributed by atoms with van der Waals surface area (Å²) in [6.07, 6.45) is 3.43. The standard InChI is InChI=1S/C10H18N2O/c1-8(6-7-11)12(2)9-4-3-5-10(9)13/h8-10,13H,3-6H2,1-2H3/t8?,9-,10-/m1/s1. The quantitative estimate of drug-likeness (QED) is 0.712. The van der Waals surface area contributed by atoms with Crippen molar-refractivity contribution in [1.29, 1.82) is 5.26 Å². The summed E-state index contributed by atoms with van der Waals surface area (Å²) < 4.78 is 0. The zero-order valence-electron chi connectivity index (χ0n) is 8.40. The highest BCUT2D eigenvalue weighted by molar-refractivity contribution is 4.88. The maximum atomic E-state index is 9.65. The Morgan fingerprint density at radius 3 is 2.77 bits per heavy atom. The van der Waals surface area contributed by atoms with Gasteiger partial charge in [-0.2, -0.15) is 5.26 Å². The first-order valence-corrected chi connectivity index (χ1v) is 4.93. The molecule has 0 bridgehead atoms. The van der Waals surface area contributed by atoms with E-state index in [4.69, 9.17) is 5.26 Å². The molecule has 1 aliphatic rings. The van der Waals surface area contributed by atoms with E-state index in [0.29, 0.717) is 6.42 Å². The van der Waals surface area contributed by atoms with Gasteiger partial charge < -0.3 is 5.11 Å². The van der Waals surface area contributed by atoms with Crippen molar-refractivity contribution >= 4 is 0 Å². The minimum absolute atomic E-state index is 0.189. The van der Waals surface area contributed by atoms with Crippen LogP contribution in [0.15, 0.2) is 0 Å². The molecule has 0 spiro atoms. The molecule has 0 aliphatic heterocycles. The third-order valence-corrected chi connectivity index (χ3v) is 3.05. The van der Waals surface area contributed by atoms with Crippen molar-refractivity contribution in [1.82, 2.24) is 4.90 Å². The van der Waals surface area contributed by atoms with Crippen molar-refractivity contribution in [2.75, 3.05) is 7.05 Å². The van der Waals surface area contributed by atoms with E-state index in [-0.39, 0.29) is 18.2 Å². The summed E-state index contributed by atoms with van der Waals surface area (Å²) >= 11 is 0. The van der Waals surface area contributed by atoms with Crippen molar-refractivity contribution in [3.05, 3.63) is 0 Å². The number of rotatable bonds is 3. The maximum Gasteiger partial charge on any atom is 0.0695 e. The molecule has 0 saturated heterocycles. The van der Waals surface area contributed by atoms with Gasteiger partial charge in [-0.25, -0.2) is 0 Å². The van der Waals surface area contributed by atoms with Gasteiger partial charge in [0.1, 0.15) is 0 Å². The third-order valence-electron chi connectivity index (χ3n) is 3.05. The van der Waals surface area contributed by atoms with Gasteiger partial charge in [0.15, 0.2) is 0 Å². The Balaban J connectivity index is 2.46. The highest BCUT2D eigenvalue weighted by Crippen LogP contribution is 2.24. The lowest BCUT2D eigenvalue weighted by Crippen LogP contribution is -2.42. The minimum Gasteiger partial charge on any atom is -0.391 e. The predicted molar refractivity (Wildman–Crippen MR) is 51.1 cm³/mol. The molecule has 0 aromatic rings. The molecule has 0 amide bonds. The molecule has 13 heavy (non-hydrogen) atoms. The Morgan fingerprint density at radius 2 is 2.31 bits per heavy atom. The van der Waals surface area contributed by atoms with E-state index >= 15 is 0 Å². The summed E-state index contributed by atoms with van der Waals surface area (Å²) in [6.45, 7) is 2.04. The van der Waals surface area contributed by atoms with Gasteiger partial charge in [0, 0.05) is 12.1 Å². The summed E-state index contributed by atoms with van der Waals surface area (Å²) in [5.74, 6) is 0. The van der Waals surface area contributed by atoms with Crippen LogP contribution in [0.2, 0.25) is 0 Å². The average Bonchev–Trinajstić information content (AvgIpc) is 2.50. The van der Waals surface area contributed by atoms with Crippen LogP contribution >= 0.6 is 0 Å². The molecule has 1 saturated carbocycles. The Morgan fingerprint density at radius 1 is 1.62 bits per heavy atom. The molecule has 0 radical (unpaired) electrons. The van der Waals surface area contributed by atoms with E-state index in [1.165, 1.54) is 0 Å².